The van der Waals surface area contributed by atoms with Gasteiger partial charge in [-0.3, -0.25) is 4.90 Å². The van der Waals surface area contributed by atoms with Crippen LogP contribution in [0.3, 0.4) is 0 Å². The third-order valence-electron chi connectivity index (χ3n) is 6.50. The Bertz CT molecular complexity index is 987. The molecule has 0 spiro atoms. The van der Waals surface area contributed by atoms with E-state index in [0.29, 0.717) is 12.1 Å². The van der Waals surface area contributed by atoms with E-state index in [2.05, 4.69) is 35.1 Å². The molecular weight excluding hydrogens is 380 g/mol. The zero-order chi connectivity index (χ0) is 21.3. The SMILES string of the molecule is COc1ccc([C@@]23CCC(OC(=O)c4ncccc4C)=C[C@@H]2N(C)CC3)cc1OC. The molecule has 0 N–H and O–H groups in total. The Morgan fingerprint density at radius 3 is 2.70 bits per heavy atom. The molecule has 1 aromatic heterocycles. The van der Waals surface area contributed by atoms with Gasteiger partial charge in [-0.1, -0.05) is 12.1 Å². The zero-order valence-corrected chi connectivity index (χ0v) is 18.0. The smallest absolute Gasteiger partial charge is 0.362 e. The fourth-order valence-electron chi connectivity index (χ4n) is 4.81. The Morgan fingerprint density at radius 1 is 1.17 bits per heavy atom. The molecule has 2 atom stereocenters. The van der Waals surface area contributed by atoms with Crippen molar-refractivity contribution in [3.63, 3.8) is 0 Å². The lowest BCUT2D eigenvalue weighted by Gasteiger charge is -2.40. The third-order valence-corrected chi connectivity index (χ3v) is 6.50. The van der Waals surface area contributed by atoms with Gasteiger partial charge in [0, 0.05) is 24.1 Å². The van der Waals surface area contributed by atoms with Crippen LogP contribution in [0.5, 0.6) is 11.5 Å². The molecule has 30 heavy (non-hydrogen) atoms. The van der Waals surface area contributed by atoms with Gasteiger partial charge in [0.2, 0.25) is 0 Å². The summed E-state index contributed by atoms with van der Waals surface area (Å²) in [7, 11) is 5.43. The molecule has 0 bridgehead atoms. The number of likely N-dealkylation sites (N-methyl/N-ethyl adjacent to an activating group) is 1. The van der Waals surface area contributed by atoms with Gasteiger partial charge in [-0.25, -0.2) is 9.78 Å². The van der Waals surface area contributed by atoms with Crippen molar-refractivity contribution in [2.45, 2.75) is 37.6 Å². The van der Waals surface area contributed by atoms with E-state index >= 15 is 0 Å². The first-order valence-corrected chi connectivity index (χ1v) is 10.3. The average molecular weight is 408 g/mol. The first-order valence-electron chi connectivity index (χ1n) is 10.3. The molecule has 1 aliphatic heterocycles. The van der Waals surface area contributed by atoms with Crippen molar-refractivity contribution in [3.8, 4) is 11.5 Å². The number of ether oxygens (including phenoxy) is 3. The van der Waals surface area contributed by atoms with E-state index in [0.717, 1.165) is 42.2 Å². The lowest BCUT2D eigenvalue weighted by Crippen LogP contribution is -2.42. The molecule has 1 aliphatic carbocycles. The van der Waals surface area contributed by atoms with Gasteiger partial charge >= 0.3 is 5.97 Å². The highest BCUT2D eigenvalue weighted by Crippen LogP contribution is 2.49. The quantitative estimate of drug-likeness (QED) is 0.700. The number of carbonyl (C=O) groups excluding carboxylic acids is 1. The van der Waals surface area contributed by atoms with Crippen molar-refractivity contribution in [3.05, 3.63) is 65.2 Å². The highest BCUT2D eigenvalue weighted by Gasteiger charge is 2.48. The third kappa shape index (κ3) is 3.45. The van der Waals surface area contributed by atoms with Gasteiger partial charge in [-0.05, 0) is 68.8 Å². The van der Waals surface area contributed by atoms with Crippen molar-refractivity contribution >= 4 is 5.97 Å². The number of esters is 1. The van der Waals surface area contributed by atoms with Gasteiger partial charge in [-0.2, -0.15) is 0 Å². The Hall–Kier alpha value is -2.86. The van der Waals surface area contributed by atoms with Crippen molar-refractivity contribution < 1.29 is 19.0 Å². The molecule has 158 valence electrons. The van der Waals surface area contributed by atoms with Gasteiger partial charge in [0.05, 0.1) is 14.2 Å². The van der Waals surface area contributed by atoms with Gasteiger partial charge in [0.25, 0.3) is 0 Å². The minimum Gasteiger partial charge on any atom is -0.493 e. The Balaban J connectivity index is 1.63. The second-order valence-electron chi connectivity index (χ2n) is 8.09. The lowest BCUT2D eigenvalue weighted by molar-refractivity contribution is 0.0585. The zero-order valence-electron chi connectivity index (χ0n) is 18.0. The number of fused-ring (bicyclic) bond motifs is 1. The van der Waals surface area contributed by atoms with Crippen LogP contribution in [-0.2, 0) is 10.2 Å². The maximum atomic E-state index is 12.6. The molecule has 2 aromatic rings. The standard InChI is InChI=1S/C24H28N2O4/c1-16-6-5-12-25-22(16)23(27)30-18-9-10-24(11-13-26(2)21(24)15-18)17-7-8-19(28-3)20(14-17)29-4/h5-8,12,14-15,21H,9-11,13H2,1-4H3/t21-,24-/m0/s1. The summed E-state index contributed by atoms with van der Waals surface area (Å²) < 4.78 is 16.7. The van der Waals surface area contributed by atoms with Crippen LogP contribution in [0.2, 0.25) is 0 Å². The molecule has 2 aliphatic rings. The van der Waals surface area contributed by atoms with Crippen LogP contribution in [0.25, 0.3) is 0 Å². The van der Waals surface area contributed by atoms with Crippen LogP contribution in [0.15, 0.2) is 48.4 Å². The van der Waals surface area contributed by atoms with E-state index in [1.54, 1.807) is 20.4 Å². The van der Waals surface area contributed by atoms with Crippen LogP contribution in [0, 0.1) is 6.92 Å². The Morgan fingerprint density at radius 2 is 1.97 bits per heavy atom. The van der Waals surface area contributed by atoms with Crippen LogP contribution in [-0.4, -0.2) is 49.7 Å². The molecule has 1 aromatic carbocycles. The van der Waals surface area contributed by atoms with Crippen molar-refractivity contribution in [1.29, 1.82) is 0 Å². The summed E-state index contributed by atoms with van der Waals surface area (Å²) >= 11 is 0. The maximum Gasteiger partial charge on any atom is 0.362 e. The van der Waals surface area contributed by atoms with Gasteiger partial charge in [-0.15, -0.1) is 0 Å². The molecule has 0 radical (unpaired) electrons. The average Bonchev–Trinajstić information content (AvgIpc) is 3.10. The fraction of sp³-hybridized carbons (Fsp3) is 0.417. The first kappa shape index (κ1) is 20.4. The monoisotopic (exact) mass is 408 g/mol. The number of carbonyl (C=O) groups is 1. The van der Waals surface area contributed by atoms with Crippen LogP contribution in [0.4, 0.5) is 0 Å². The summed E-state index contributed by atoms with van der Waals surface area (Å²) in [6.45, 7) is 2.85. The second-order valence-corrected chi connectivity index (χ2v) is 8.09. The molecule has 6 nitrogen and oxygen atoms in total. The van der Waals surface area contributed by atoms with E-state index < -0.39 is 5.97 Å². The number of hydrogen-bond donors (Lipinski definition) is 0. The molecule has 0 unspecified atom stereocenters. The number of pyridine rings is 1. The number of aryl methyl sites for hydroxylation is 1. The fourth-order valence-corrected chi connectivity index (χ4v) is 4.81. The second kappa shape index (κ2) is 8.11. The Kier molecular flexibility index (Phi) is 5.52. The Labute approximate surface area is 177 Å². The number of methoxy groups -OCH3 is 2. The van der Waals surface area contributed by atoms with Gasteiger partial charge < -0.3 is 14.2 Å². The van der Waals surface area contributed by atoms with Crippen LogP contribution in [0.1, 0.15) is 40.9 Å². The van der Waals surface area contributed by atoms with Crippen LogP contribution >= 0.6 is 0 Å². The molecule has 0 amide bonds. The van der Waals surface area contributed by atoms with Crippen molar-refractivity contribution in [1.82, 2.24) is 9.88 Å². The summed E-state index contributed by atoms with van der Waals surface area (Å²) in [5.74, 6) is 1.80. The first-order chi connectivity index (χ1) is 14.5. The molecule has 2 heterocycles. The number of nitrogens with zero attached hydrogens (tertiary/aromatic N) is 2. The number of likely N-dealkylation sites (tertiary alicyclic amines) is 1. The molecule has 0 saturated carbocycles. The summed E-state index contributed by atoms with van der Waals surface area (Å²) in [5.41, 5.74) is 2.38. The summed E-state index contributed by atoms with van der Waals surface area (Å²) in [5, 5.41) is 0. The summed E-state index contributed by atoms with van der Waals surface area (Å²) in [4.78, 5) is 19.2. The van der Waals surface area contributed by atoms with E-state index in [-0.39, 0.29) is 11.5 Å². The number of hydrogen-bond acceptors (Lipinski definition) is 6. The lowest BCUT2D eigenvalue weighted by atomic mass is 9.68. The van der Waals surface area contributed by atoms with E-state index in [1.165, 1.54) is 5.56 Å². The molecule has 1 saturated heterocycles. The molecule has 4 rings (SSSR count). The van der Waals surface area contributed by atoms with E-state index in [9.17, 15) is 4.79 Å². The number of aromatic nitrogens is 1. The van der Waals surface area contributed by atoms with Gasteiger partial charge in [0.1, 0.15) is 5.76 Å². The molecular formula is C24H28N2O4. The van der Waals surface area contributed by atoms with Crippen molar-refractivity contribution in [2.24, 2.45) is 0 Å². The van der Waals surface area contributed by atoms with Crippen molar-refractivity contribution in [2.75, 3.05) is 27.8 Å². The summed E-state index contributed by atoms with van der Waals surface area (Å²) in [6, 6.07) is 10.0. The molecule has 1 fully saturated rings. The normalized spacial score (nSPS) is 23.5. The maximum absolute atomic E-state index is 12.6. The molecule has 6 heteroatoms. The van der Waals surface area contributed by atoms with Crippen LogP contribution < -0.4 is 9.47 Å². The highest BCUT2D eigenvalue weighted by atomic mass is 16.5. The number of rotatable bonds is 5. The predicted molar refractivity (Wildman–Crippen MR) is 114 cm³/mol. The van der Waals surface area contributed by atoms with E-state index in [4.69, 9.17) is 14.2 Å². The summed E-state index contributed by atoms with van der Waals surface area (Å²) in [6.07, 6.45) is 6.38. The minimum atomic E-state index is -0.390. The predicted octanol–water partition coefficient (Wildman–Crippen LogP) is 3.88. The topological polar surface area (TPSA) is 60.9 Å². The minimum absolute atomic E-state index is 0.0366. The largest absolute Gasteiger partial charge is 0.493 e. The van der Waals surface area contributed by atoms with E-state index in [1.807, 2.05) is 25.1 Å². The number of allylic oxidation sites excluding steroid dienone is 1. The number of benzene rings is 1. The van der Waals surface area contributed by atoms with Gasteiger partial charge in [0.15, 0.2) is 17.2 Å². The highest BCUT2D eigenvalue weighted by molar-refractivity contribution is 5.89.